The molecule has 0 aromatic heterocycles. The van der Waals surface area contributed by atoms with Crippen molar-refractivity contribution in [1.29, 1.82) is 0 Å². The summed E-state index contributed by atoms with van der Waals surface area (Å²) in [6.07, 6.45) is 4.94. The van der Waals surface area contributed by atoms with Gasteiger partial charge in [-0.25, -0.2) is 0 Å². The van der Waals surface area contributed by atoms with E-state index in [0.717, 1.165) is 25.8 Å². The molecule has 3 nitrogen and oxygen atoms in total. The first-order valence-electron chi connectivity index (χ1n) is 5.25. The zero-order chi connectivity index (χ0) is 9.68. The van der Waals surface area contributed by atoms with Crippen molar-refractivity contribution < 1.29 is 4.79 Å². The zero-order valence-electron chi connectivity index (χ0n) is 8.38. The Labute approximate surface area is 80.1 Å². The maximum Gasteiger partial charge on any atom is 0.220 e. The van der Waals surface area contributed by atoms with Gasteiger partial charge in [0.15, 0.2) is 0 Å². The van der Waals surface area contributed by atoms with E-state index in [0.29, 0.717) is 18.4 Å². The van der Waals surface area contributed by atoms with Gasteiger partial charge < -0.3 is 11.1 Å². The molecule has 1 rings (SSSR count). The fourth-order valence-electron chi connectivity index (χ4n) is 1.95. The van der Waals surface area contributed by atoms with E-state index >= 15 is 0 Å². The number of hydrogen-bond acceptors (Lipinski definition) is 2. The lowest BCUT2D eigenvalue weighted by Gasteiger charge is -2.12. The molecule has 1 aliphatic rings. The standard InChI is InChI=1S/C10H20N2O/c1-2-3-10(13)12-9-5-4-8(6-9)7-11/h8-9H,2-7,11H2,1H3,(H,12,13). The molecule has 0 aliphatic heterocycles. The van der Waals surface area contributed by atoms with Gasteiger partial charge in [-0.15, -0.1) is 0 Å². The lowest BCUT2D eigenvalue weighted by atomic mass is 10.1. The van der Waals surface area contributed by atoms with Crippen LogP contribution in [0.2, 0.25) is 0 Å². The number of carbonyl (C=O) groups is 1. The molecule has 0 spiro atoms. The molecular formula is C10H20N2O. The average Bonchev–Trinajstić information content (AvgIpc) is 2.52. The summed E-state index contributed by atoms with van der Waals surface area (Å²) in [6, 6.07) is 0.396. The Morgan fingerprint density at radius 2 is 2.31 bits per heavy atom. The van der Waals surface area contributed by atoms with Crippen LogP contribution in [0.1, 0.15) is 39.0 Å². The zero-order valence-corrected chi connectivity index (χ0v) is 8.38. The van der Waals surface area contributed by atoms with Gasteiger partial charge in [-0.05, 0) is 38.1 Å². The van der Waals surface area contributed by atoms with E-state index in [1.807, 2.05) is 6.92 Å². The molecule has 1 amide bonds. The fourth-order valence-corrected chi connectivity index (χ4v) is 1.95. The van der Waals surface area contributed by atoms with E-state index in [1.54, 1.807) is 0 Å². The topological polar surface area (TPSA) is 55.1 Å². The van der Waals surface area contributed by atoms with Crippen LogP contribution in [0.4, 0.5) is 0 Å². The van der Waals surface area contributed by atoms with E-state index in [-0.39, 0.29) is 5.91 Å². The number of amides is 1. The Balaban J connectivity index is 2.19. The maximum absolute atomic E-state index is 11.3. The SMILES string of the molecule is CCCC(=O)NC1CCC(CN)C1. The second-order valence-corrected chi connectivity index (χ2v) is 3.93. The van der Waals surface area contributed by atoms with Crippen molar-refractivity contribution in [3.8, 4) is 0 Å². The summed E-state index contributed by atoms with van der Waals surface area (Å²) < 4.78 is 0. The number of rotatable bonds is 4. The molecule has 0 aromatic carbocycles. The molecule has 1 fully saturated rings. The second kappa shape index (κ2) is 5.22. The molecule has 13 heavy (non-hydrogen) atoms. The van der Waals surface area contributed by atoms with Crippen LogP contribution < -0.4 is 11.1 Å². The van der Waals surface area contributed by atoms with Gasteiger partial charge in [0.2, 0.25) is 5.91 Å². The highest BCUT2D eigenvalue weighted by Gasteiger charge is 2.24. The molecule has 1 saturated carbocycles. The van der Waals surface area contributed by atoms with E-state index in [4.69, 9.17) is 5.73 Å². The minimum absolute atomic E-state index is 0.199. The van der Waals surface area contributed by atoms with Gasteiger partial charge in [0.1, 0.15) is 0 Å². The second-order valence-electron chi connectivity index (χ2n) is 3.93. The van der Waals surface area contributed by atoms with Crippen LogP contribution in [-0.4, -0.2) is 18.5 Å². The summed E-state index contributed by atoms with van der Waals surface area (Å²) in [6.45, 7) is 2.79. The minimum atomic E-state index is 0.199. The normalized spacial score (nSPS) is 27.5. The molecule has 0 bridgehead atoms. The van der Waals surface area contributed by atoms with Gasteiger partial charge in [0.25, 0.3) is 0 Å². The molecule has 1 aliphatic carbocycles. The first kappa shape index (κ1) is 10.5. The van der Waals surface area contributed by atoms with Crippen LogP contribution in [0.3, 0.4) is 0 Å². The number of nitrogens with one attached hydrogen (secondary N) is 1. The maximum atomic E-state index is 11.3. The number of nitrogens with two attached hydrogens (primary N) is 1. The molecule has 0 heterocycles. The van der Waals surface area contributed by atoms with E-state index in [2.05, 4.69) is 5.32 Å². The smallest absolute Gasteiger partial charge is 0.220 e. The van der Waals surface area contributed by atoms with E-state index < -0.39 is 0 Å². The quantitative estimate of drug-likeness (QED) is 0.685. The summed E-state index contributed by atoms with van der Waals surface area (Å²) in [5.74, 6) is 0.831. The largest absolute Gasteiger partial charge is 0.353 e. The molecule has 76 valence electrons. The van der Waals surface area contributed by atoms with Gasteiger partial charge in [-0.3, -0.25) is 4.79 Å². The van der Waals surface area contributed by atoms with Crippen LogP contribution in [0.5, 0.6) is 0 Å². The van der Waals surface area contributed by atoms with Crippen LogP contribution >= 0.6 is 0 Å². The molecule has 0 radical (unpaired) electrons. The molecule has 3 N–H and O–H groups in total. The molecule has 0 saturated heterocycles. The van der Waals surface area contributed by atoms with Crippen molar-refractivity contribution in [3.63, 3.8) is 0 Å². The first-order chi connectivity index (χ1) is 6.26. The van der Waals surface area contributed by atoms with Crippen molar-refractivity contribution in [2.75, 3.05) is 6.54 Å². The third kappa shape index (κ3) is 3.35. The van der Waals surface area contributed by atoms with Gasteiger partial charge in [0.05, 0.1) is 0 Å². The Bertz CT molecular complexity index is 170. The summed E-state index contributed by atoms with van der Waals surface area (Å²) in [7, 11) is 0. The predicted octanol–water partition coefficient (Wildman–Crippen LogP) is 1.03. The third-order valence-electron chi connectivity index (χ3n) is 2.72. The molecule has 3 heteroatoms. The van der Waals surface area contributed by atoms with E-state index in [1.165, 1.54) is 6.42 Å². The molecule has 2 atom stereocenters. The van der Waals surface area contributed by atoms with Crippen LogP contribution in [0.15, 0.2) is 0 Å². The third-order valence-corrected chi connectivity index (χ3v) is 2.72. The van der Waals surface area contributed by atoms with Gasteiger partial charge in [0, 0.05) is 12.5 Å². The Morgan fingerprint density at radius 1 is 1.54 bits per heavy atom. The van der Waals surface area contributed by atoms with Crippen LogP contribution in [-0.2, 0) is 4.79 Å². The van der Waals surface area contributed by atoms with Gasteiger partial charge >= 0.3 is 0 Å². The lowest BCUT2D eigenvalue weighted by molar-refractivity contribution is -0.121. The Kier molecular flexibility index (Phi) is 4.22. The van der Waals surface area contributed by atoms with Gasteiger partial charge in [-0.1, -0.05) is 6.92 Å². The molecular weight excluding hydrogens is 164 g/mol. The number of hydrogen-bond donors (Lipinski definition) is 2. The van der Waals surface area contributed by atoms with Crippen molar-refractivity contribution in [2.24, 2.45) is 11.7 Å². The van der Waals surface area contributed by atoms with Crippen molar-refractivity contribution >= 4 is 5.91 Å². The van der Waals surface area contributed by atoms with E-state index in [9.17, 15) is 4.79 Å². The highest BCUT2D eigenvalue weighted by molar-refractivity contribution is 5.76. The van der Waals surface area contributed by atoms with Crippen molar-refractivity contribution in [3.05, 3.63) is 0 Å². The fraction of sp³-hybridized carbons (Fsp3) is 0.900. The monoisotopic (exact) mass is 184 g/mol. The number of carbonyl (C=O) groups excluding carboxylic acids is 1. The lowest BCUT2D eigenvalue weighted by Crippen LogP contribution is -2.32. The van der Waals surface area contributed by atoms with Crippen LogP contribution in [0.25, 0.3) is 0 Å². The van der Waals surface area contributed by atoms with Crippen LogP contribution in [0, 0.1) is 5.92 Å². The first-order valence-corrected chi connectivity index (χ1v) is 5.25. The molecule has 2 unspecified atom stereocenters. The summed E-state index contributed by atoms with van der Waals surface area (Å²) in [5, 5.41) is 3.05. The highest BCUT2D eigenvalue weighted by Crippen LogP contribution is 2.24. The minimum Gasteiger partial charge on any atom is -0.353 e. The Hall–Kier alpha value is -0.570. The van der Waals surface area contributed by atoms with Gasteiger partial charge in [-0.2, -0.15) is 0 Å². The summed E-state index contributed by atoms with van der Waals surface area (Å²) >= 11 is 0. The van der Waals surface area contributed by atoms with Crippen molar-refractivity contribution in [2.45, 2.75) is 45.1 Å². The predicted molar refractivity (Wildman–Crippen MR) is 53.2 cm³/mol. The summed E-state index contributed by atoms with van der Waals surface area (Å²) in [4.78, 5) is 11.3. The molecule has 0 aromatic rings. The summed E-state index contributed by atoms with van der Waals surface area (Å²) in [5.41, 5.74) is 5.57. The van der Waals surface area contributed by atoms with Crippen molar-refractivity contribution in [1.82, 2.24) is 5.32 Å². The average molecular weight is 184 g/mol. The Morgan fingerprint density at radius 3 is 2.85 bits per heavy atom. The highest BCUT2D eigenvalue weighted by atomic mass is 16.1.